The van der Waals surface area contributed by atoms with Crippen LogP contribution in [0.2, 0.25) is 0 Å². The van der Waals surface area contributed by atoms with Crippen LogP contribution >= 0.6 is 0 Å². The maximum absolute atomic E-state index is 12.3. The predicted octanol–water partition coefficient (Wildman–Crippen LogP) is 0.412. The van der Waals surface area contributed by atoms with E-state index in [1.807, 2.05) is 0 Å². The van der Waals surface area contributed by atoms with Crippen LogP contribution in [0.15, 0.2) is 0 Å². The van der Waals surface area contributed by atoms with Gasteiger partial charge in [-0.3, -0.25) is 0 Å². The molecule has 0 spiro atoms. The monoisotopic (exact) mass is 306 g/mol. The highest BCUT2D eigenvalue weighted by atomic mass is 32.2. The van der Waals surface area contributed by atoms with Gasteiger partial charge in [-0.2, -0.15) is 0 Å². The van der Waals surface area contributed by atoms with Crippen molar-refractivity contribution in [3.8, 4) is 0 Å². The summed E-state index contributed by atoms with van der Waals surface area (Å²) < 4.78 is 22.3. The Labute approximate surface area is 119 Å². The summed E-state index contributed by atoms with van der Waals surface area (Å²) in [6, 6.07) is -0.421. The summed E-state index contributed by atoms with van der Waals surface area (Å²) in [6.45, 7) is 2.20. The Morgan fingerprint density at radius 2 is 2.00 bits per heavy atom. The molecule has 0 aromatic heterocycles. The molecule has 1 heterocycles. The molecule has 1 atom stereocenters. The van der Waals surface area contributed by atoms with E-state index < -0.39 is 27.4 Å². The fraction of sp³-hybridized carbons (Fsp3) is 0.833. The van der Waals surface area contributed by atoms with E-state index in [0.717, 1.165) is 6.26 Å². The first-order valence-electron chi connectivity index (χ1n) is 6.58. The van der Waals surface area contributed by atoms with E-state index in [9.17, 15) is 23.1 Å². The summed E-state index contributed by atoms with van der Waals surface area (Å²) in [5.74, 6) is -1.13. The van der Waals surface area contributed by atoms with E-state index in [4.69, 9.17) is 0 Å². The molecule has 7 nitrogen and oxygen atoms in total. The standard InChI is InChI=1S/C12H22N2O5S/c1-4-12(10(15)16)6-5-7-14(12)11(17)13(2)8-9-20(3,18)19/h4-9H2,1-3H3,(H,15,16). The second-order valence-electron chi connectivity index (χ2n) is 5.28. The van der Waals surface area contributed by atoms with Crippen LogP contribution in [-0.4, -0.2) is 73.0 Å². The van der Waals surface area contributed by atoms with Crippen molar-refractivity contribution in [3.63, 3.8) is 0 Å². The molecule has 1 aliphatic rings. The molecule has 0 saturated carbocycles. The van der Waals surface area contributed by atoms with Gasteiger partial charge in [0.15, 0.2) is 0 Å². The summed E-state index contributed by atoms with van der Waals surface area (Å²) in [5.41, 5.74) is -1.16. The molecule has 0 bridgehead atoms. The van der Waals surface area contributed by atoms with Gasteiger partial charge >= 0.3 is 12.0 Å². The molecule has 1 aliphatic heterocycles. The second kappa shape index (κ2) is 5.99. The van der Waals surface area contributed by atoms with Crippen molar-refractivity contribution in [1.82, 2.24) is 9.80 Å². The summed E-state index contributed by atoms with van der Waals surface area (Å²) in [4.78, 5) is 26.5. The van der Waals surface area contributed by atoms with E-state index in [0.29, 0.717) is 25.8 Å². The Hall–Kier alpha value is -1.31. The average Bonchev–Trinajstić information content (AvgIpc) is 2.79. The largest absolute Gasteiger partial charge is 0.479 e. The molecule has 0 radical (unpaired) electrons. The summed E-state index contributed by atoms with van der Waals surface area (Å²) in [5, 5.41) is 9.42. The zero-order chi connectivity index (χ0) is 15.6. The van der Waals surface area contributed by atoms with Crippen LogP contribution < -0.4 is 0 Å². The normalized spacial score (nSPS) is 22.9. The van der Waals surface area contributed by atoms with Gasteiger partial charge in [-0.15, -0.1) is 0 Å². The molecule has 8 heteroatoms. The lowest BCUT2D eigenvalue weighted by molar-refractivity contribution is -0.148. The van der Waals surface area contributed by atoms with Gasteiger partial charge in [0.1, 0.15) is 15.4 Å². The van der Waals surface area contributed by atoms with E-state index in [1.165, 1.54) is 16.8 Å². The van der Waals surface area contributed by atoms with Crippen LogP contribution in [0.3, 0.4) is 0 Å². The minimum absolute atomic E-state index is 0.0631. The Kier molecular flexibility index (Phi) is 5.01. The second-order valence-corrected chi connectivity index (χ2v) is 7.54. The maximum Gasteiger partial charge on any atom is 0.329 e. The van der Waals surface area contributed by atoms with Gasteiger partial charge < -0.3 is 14.9 Å². The molecule has 0 aromatic carbocycles. The van der Waals surface area contributed by atoms with E-state index in [1.54, 1.807) is 6.92 Å². The minimum Gasteiger partial charge on any atom is -0.479 e. The average molecular weight is 306 g/mol. The fourth-order valence-electron chi connectivity index (χ4n) is 2.50. The summed E-state index contributed by atoms with van der Waals surface area (Å²) >= 11 is 0. The van der Waals surface area contributed by atoms with Gasteiger partial charge in [0.25, 0.3) is 0 Å². The van der Waals surface area contributed by atoms with Crippen molar-refractivity contribution < 1.29 is 23.1 Å². The molecule has 2 amide bonds. The lowest BCUT2D eigenvalue weighted by Gasteiger charge is -2.36. The quantitative estimate of drug-likeness (QED) is 0.794. The molecule has 0 aromatic rings. The number of likely N-dealkylation sites (tertiary alicyclic amines) is 1. The minimum atomic E-state index is -3.16. The van der Waals surface area contributed by atoms with Crippen molar-refractivity contribution in [2.24, 2.45) is 0 Å². The maximum atomic E-state index is 12.3. The molecule has 1 saturated heterocycles. The van der Waals surface area contributed by atoms with Crippen LogP contribution in [0.5, 0.6) is 0 Å². The third kappa shape index (κ3) is 3.41. The molecule has 116 valence electrons. The number of carboxylic acids is 1. The van der Waals surface area contributed by atoms with Crippen molar-refractivity contribution in [2.45, 2.75) is 31.7 Å². The topological polar surface area (TPSA) is 95.0 Å². The number of hydrogen-bond acceptors (Lipinski definition) is 4. The first-order chi connectivity index (χ1) is 9.14. The number of sulfone groups is 1. The number of carboxylic acid groups (broad SMARTS) is 1. The third-order valence-corrected chi connectivity index (χ3v) is 4.75. The van der Waals surface area contributed by atoms with Crippen LogP contribution in [0.4, 0.5) is 4.79 Å². The lowest BCUT2D eigenvalue weighted by Crippen LogP contribution is -2.56. The van der Waals surface area contributed by atoms with Crippen LogP contribution in [-0.2, 0) is 14.6 Å². The summed E-state index contributed by atoms with van der Waals surface area (Å²) in [7, 11) is -1.66. The number of carbonyl (C=O) groups is 2. The first kappa shape index (κ1) is 16.7. The van der Waals surface area contributed by atoms with Crippen LogP contribution in [0, 0.1) is 0 Å². The highest BCUT2D eigenvalue weighted by molar-refractivity contribution is 7.90. The zero-order valence-corrected chi connectivity index (χ0v) is 12.9. The SMILES string of the molecule is CCC1(C(=O)O)CCCN1C(=O)N(C)CCS(C)(=O)=O. The van der Waals surface area contributed by atoms with Gasteiger partial charge in [0, 0.05) is 26.4 Å². The highest BCUT2D eigenvalue weighted by Crippen LogP contribution is 2.33. The highest BCUT2D eigenvalue weighted by Gasteiger charge is 2.49. The van der Waals surface area contributed by atoms with Gasteiger partial charge in [0.2, 0.25) is 0 Å². The molecule has 1 N–H and O–H groups in total. The van der Waals surface area contributed by atoms with Gasteiger partial charge in [0.05, 0.1) is 5.75 Å². The van der Waals surface area contributed by atoms with E-state index >= 15 is 0 Å². The molecule has 1 unspecified atom stereocenters. The van der Waals surface area contributed by atoms with Crippen molar-refractivity contribution >= 4 is 21.8 Å². The van der Waals surface area contributed by atoms with E-state index in [-0.39, 0.29) is 12.3 Å². The number of rotatable bonds is 5. The third-order valence-electron chi connectivity index (χ3n) is 3.83. The number of carbonyl (C=O) groups excluding carboxylic acids is 1. The van der Waals surface area contributed by atoms with Crippen molar-refractivity contribution in [1.29, 1.82) is 0 Å². The fourth-order valence-corrected chi connectivity index (χ4v) is 3.11. The molecule has 20 heavy (non-hydrogen) atoms. The van der Waals surface area contributed by atoms with Crippen molar-refractivity contribution in [2.75, 3.05) is 32.1 Å². The number of aliphatic carboxylic acids is 1. The predicted molar refractivity (Wildman–Crippen MR) is 74.3 cm³/mol. The molecule has 1 fully saturated rings. The Morgan fingerprint density at radius 1 is 1.40 bits per heavy atom. The van der Waals surface area contributed by atoms with E-state index in [2.05, 4.69) is 0 Å². The number of nitrogens with zero attached hydrogens (tertiary/aromatic N) is 2. The Morgan fingerprint density at radius 3 is 2.45 bits per heavy atom. The number of hydrogen-bond donors (Lipinski definition) is 1. The summed E-state index contributed by atoms with van der Waals surface area (Å²) in [6.07, 6.45) is 2.53. The lowest BCUT2D eigenvalue weighted by atomic mass is 9.93. The number of urea groups is 1. The van der Waals surface area contributed by atoms with Gasteiger partial charge in [-0.1, -0.05) is 6.92 Å². The van der Waals surface area contributed by atoms with Crippen LogP contribution in [0.1, 0.15) is 26.2 Å². The molecular weight excluding hydrogens is 284 g/mol. The number of amides is 2. The smallest absolute Gasteiger partial charge is 0.329 e. The van der Waals surface area contributed by atoms with Gasteiger partial charge in [-0.25, -0.2) is 18.0 Å². The van der Waals surface area contributed by atoms with Crippen LogP contribution in [0.25, 0.3) is 0 Å². The zero-order valence-electron chi connectivity index (χ0n) is 12.1. The first-order valence-corrected chi connectivity index (χ1v) is 8.64. The van der Waals surface area contributed by atoms with Gasteiger partial charge in [-0.05, 0) is 19.3 Å². The Bertz CT molecular complexity index is 490. The molecular formula is C12H22N2O5S. The molecule has 1 rings (SSSR count). The molecule has 0 aliphatic carbocycles. The van der Waals surface area contributed by atoms with Crippen molar-refractivity contribution in [3.05, 3.63) is 0 Å². The Balaban J connectivity index is 2.82.